The maximum absolute atomic E-state index is 11.1. The van der Waals surface area contributed by atoms with E-state index in [4.69, 9.17) is 16.7 Å². The molecule has 3 aromatic rings. The number of aromatic carboxylic acids is 1. The van der Waals surface area contributed by atoms with E-state index in [1.807, 2.05) is 24.3 Å². The largest absolute Gasteiger partial charge is 0.478 e. The minimum atomic E-state index is -0.930. The predicted octanol–water partition coefficient (Wildman–Crippen LogP) is 7.21. The molecule has 0 atom stereocenters. The lowest BCUT2D eigenvalue weighted by molar-refractivity contribution is 0.0697. The average Bonchev–Trinajstić information content (AvgIpc) is 2.74. The number of hydrogen-bond acceptors (Lipinski definition) is 1. The molecular weight excluding hydrogens is 392 g/mol. The van der Waals surface area contributed by atoms with Crippen molar-refractivity contribution < 1.29 is 9.90 Å². The lowest BCUT2D eigenvalue weighted by Crippen LogP contribution is -2.22. The molecule has 0 aliphatic heterocycles. The number of fused-ring (bicyclic) bond motifs is 1. The van der Waals surface area contributed by atoms with Gasteiger partial charge in [0.05, 0.1) is 5.56 Å². The molecule has 3 heteroatoms. The molecule has 0 aromatic heterocycles. The van der Waals surface area contributed by atoms with Gasteiger partial charge >= 0.3 is 5.97 Å². The first-order chi connectivity index (χ1) is 14.3. The number of benzene rings is 3. The van der Waals surface area contributed by atoms with Gasteiger partial charge in [-0.2, -0.15) is 0 Å². The molecule has 150 valence electrons. The van der Waals surface area contributed by atoms with Gasteiger partial charge in [0.25, 0.3) is 0 Å². The van der Waals surface area contributed by atoms with E-state index in [1.165, 1.54) is 16.7 Å². The van der Waals surface area contributed by atoms with Crippen molar-refractivity contribution in [3.8, 4) is 0 Å². The maximum atomic E-state index is 11.1. The summed E-state index contributed by atoms with van der Waals surface area (Å²) in [6, 6.07) is 21.3. The first kappa shape index (κ1) is 20.2. The second-order valence-corrected chi connectivity index (χ2v) is 8.77. The highest BCUT2D eigenvalue weighted by molar-refractivity contribution is 6.30. The number of halogens is 1. The van der Waals surface area contributed by atoms with Crippen LogP contribution in [0.5, 0.6) is 0 Å². The fourth-order valence-corrected chi connectivity index (χ4v) is 4.13. The topological polar surface area (TPSA) is 37.3 Å². The monoisotopic (exact) mass is 414 g/mol. The van der Waals surface area contributed by atoms with Crippen molar-refractivity contribution in [2.45, 2.75) is 25.7 Å². The van der Waals surface area contributed by atoms with E-state index in [2.05, 4.69) is 56.8 Å². The van der Waals surface area contributed by atoms with Gasteiger partial charge in [0.1, 0.15) is 0 Å². The zero-order valence-corrected chi connectivity index (χ0v) is 17.8. The number of carboxylic acids is 1. The summed E-state index contributed by atoms with van der Waals surface area (Å²) >= 11 is 6.09. The minimum Gasteiger partial charge on any atom is -0.478 e. The highest BCUT2D eigenvalue weighted by Gasteiger charge is 2.29. The van der Waals surface area contributed by atoms with E-state index in [0.29, 0.717) is 0 Å². The molecule has 1 aliphatic rings. The molecule has 0 radical (unpaired) electrons. The molecular formula is C27H23ClO2. The fourth-order valence-electron chi connectivity index (χ4n) is 4.01. The molecule has 1 aliphatic carbocycles. The van der Waals surface area contributed by atoms with Crippen molar-refractivity contribution in [3.05, 3.63) is 118 Å². The first-order valence-electron chi connectivity index (χ1n) is 9.90. The second-order valence-electron chi connectivity index (χ2n) is 8.33. The number of carboxylic acid groups (broad SMARTS) is 1. The molecule has 30 heavy (non-hydrogen) atoms. The van der Waals surface area contributed by atoms with Crippen LogP contribution in [-0.4, -0.2) is 11.1 Å². The number of hydrogen-bond donors (Lipinski definition) is 1. The smallest absolute Gasteiger partial charge is 0.335 e. The molecule has 0 amide bonds. The van der Waals surface area contributed by atoms with Gasteiger partial charge in [-0.3, -0.25) is 0 Å². The Morgan fingerprint density at radius 2 is 1.53 bits per heavy atom. The van der Waals surface area contributed by atoms with Crippen LogP contribution < -0.4 is 0 Å². The average molecular weight is 415 g/mol. The summed E-state index contributed by atoms with van der Waals surface area (Å²) < 4.78 is 0. The fraction of sp³-hybridized carbons (Fsp3) is 0.148. The number of allylic oxidation sites excluding steroid dienone is 1. The van der Waals surface area contributed by atoms with Crippen LogP contribution in [0.1, 0.15) is 58.4 Å². The van der Waals surface area contributed by atoms with Crippen LogP contribution in [0.2, 0.25) is 5.02 Å². The van der Waals surface area contributed by atoms with Gasteiger partial charge in [-0.05, 0) is 81.1 Å². The third kappa shape index (κ3) is 3.71. The van der Waals surface area contributed by atoms with E-state index in [0.717, 1.165) is 33.7 Å². The normalized spacial score (nSPS) is 14.6. The van der Waals surface area contributed by atoms with Crippen molar-refractivity contribution in [2.75, 3.05) is 0 Å². The number of rotatable bonds is 4. The van der Waals surface area contributed by atoms with Crippen LogP contribution in [-0.2, 0) is 5.41 Å². The highest BCUT2D eigenvalue weighted by Crippen LogP contribution is 2.42. The van der Waals surface area contributed by atoms with Gasteiger partial charge in [0.2, 0.25) is 0 Å². The first-order valence-corrected chi connectivity index (χ1v) is 10.3. The Hall–Kier alpha value is -3.10. The molecule has 1 N–H and O–H groups in total. The van der Waals surface area contributed by atoms with E-state index < -0.39 is 5.97 Å². The van der Waals surface area contributed by atoms with Gasteiger partial charge < -0.3 is 5.11 Å². The highest BCUT2D eigenvalue weighted by atomic mass is 35.5. The van der Waals surface area contributed by atoms with E-state index in [9.17, 15) is 4.79 Å². The molecule has 0 fully saturated rings. The maximum Gasteiger partial charge on any atom is 0.335 e. The predicted molar refractivity (Wildman–Crippen MR) is 124 cm³/mol. The van der Waals surface area contributed by atoms with Crippen molar-refractivity contribution in [2.24, 2.45) is 0 Å². The minimum absolute atomic E-state index is 0.0499. The lowest BCUT2D eigenvalue weighted by atomic mass is 9.71. The van der Waals surface area contributed by atoms with Crippen LogP contribution in [0.4, 0.5) is 0 Å². The van der Waals surface area contributed by atoms with Gasteiger partial charge in [-0.1, -0.05) is 74.5 Å². The van der Waals surface area contributed by atoms with Gasteiger partial charge in [0, 0.05) is 5.02 Å². The third-order valence-electron chi connectivity index (χ3n) is 5.84. The Bertz CT molecular complexity index is 1170. The summed E-state index contributed by atoms with van der Waals surface area (Å²) in [6.07, 6.45) is 3.27. The Morgan fingerprint density at radius 3 is 2.17 bits per heavy atom. The summed E-state index contributed by atoms with van der Waals surface area (Å²) in [5.74, 6) is -0.930. The van der Waals surface area contributed by atoms with Crippen LogP contribution in [0.3, 0.4) is 0 Å². The molecule has 4 rings (SSSR count). The summed E-state index contributed by atoms with van der Waals surface area (Å²) in [6.45, 7) is 8.81. The lowest BCUT2D eigenvalue weighted by Gasteiger charge is -2.33. The third-order valence-corrected chi connectivity index (χ3v) is 6.09. The van der Waals surface area contributed by atoms with E-state index >= 15 is 0 Å². The molecule has 2 nitrogen and oxygen atoms in total. The van der Waals surface area contributed by atoms with Gasteiger partial charge in [-0.25, -0.2) is 4.79 Å². The van der Waals surface area contributed by atoms with Gasteiger partial charge in [-0.15, -0.1) is 0 Å². The molecule has 3 aromatic carbocycles. The molecule has 0 saturated heterocycles. The molecule has 0 heterocycles. The summed E-state index contributed by atoms with van der Waals surface area (Å²) in [5.41, 5.74) is 7.99. The van der Waals surface area contributed by atoms with Crippen LogP contribution >= 0.6 is 11.6 Å². The molecule has 0 bridgehead atoms. The van der Waals surface area contributed by atoms with E-state index in [-0.39, 0.29) is 11.0 Å². The zero-order chi connectivity index (χ0) is 21.5. The van der Waals surface area contributed by atoms with E-state index in [1.54, 1.807) is 12.1 Å². The van der Waals surface area contributed by atoms with Crippen molar-refractivity contribution in [1.29, 1.82) is 0 Å². The summed E-state index contributed by atoms with van der Waals surface area (Å²) in [5, 5.41) is 9.86. The Morgan fingerprint density at radius 1 is 0.933 bits per heavy atom. The van der Waals surface area contributed by atoms with Gasteiger partial charge in [0.15, 0.2) is 0 Å². The standard InChI is InChI=1S/C27H23ClO2/c1-17(18-4-6-20(7-5-18)26(29)30)21-10-13-25-24(16-21)23(14-15-27(25,2)3)19-8-11-22(28)12-9-19/h4-14,16H,1,15H2,2-3H3,(H,29,30). The quantitative estimate of drug-likeness (QED) is 0.489. The Balaban J connectivity index is 1.77. The van der Waals surface area contributed by atoms with Crippen molar-refractivity contribution in [1.82, 2.24) is 0 Å². The second kappa shape index (κ2) is 7.62. The zero-order valence-electron chi connectivity index (χ0n) is 17.1. The molecule has 0 spiro atoms. The molecule has 0 unspecified atom stereocenters. The van der Waals surface area contributed by atoms with Crippen LogP contribution in [0.15, 0.2) is 79.4 Å². The summed E-state index contributed by atoms with van der Waals surface area (Å²) in [7, 11) is 0. The summed E-state index contributed by atoms with van der Waals surface area (Å²) in [4.78, 5) is 11.1. The Kier molecular flexibility index (Phi) is 5.13. The van der Waals surface area contributed by atoms with Crippen LogP contribution in [0, 0.1) is 0 Å². The Labute approximate surface area is 182 Å². The molecule has 0 saturated carbocycles. The number of carbonyl (C=O) groups is 1. The van der Waals surface area contributed by atoms with Crippen molar-refractivity contribution >= 4 is 28.7 Å². The van der Waals surface area contributed by atoms with Crippen LogP contribution in [0.25, 0.3) is 11.1 Å². The van der Waals surface area contributed by atoms with Crippen molar-refractivity contribution in [3.63, 3.8) is 0 Å². The SMILES string of the molecule is C=C(c1ccc(C(=O)O)cc1)c1ccc2c(c1)C(c1ccc(Cl)cc1)=CCC2(C)C.